The number of hydrogen-bond acceptors (Lipinski definition) is 5. The summed E-state index contributed by atoms with van der Waals surface area (Å²) in [7, 11) is -4.14. The number of aromatic carboxylic acids is 1. The van der Waals surface area contributed by atoms with Crippen LogP contribution in [0.25, 0.3) is 0 Å². The zero-order valence-corrected chi connectivity index (χ0v) is 12.1. The first-order valence-corrected chi connectivity index (χ1v) is 7.76. The summed E-state index contributed by atoms with van der Waals surface area (Å²) in [5, 5.41) is 8.96. The molecule has 0 saturated heterocycles. The Labute approximate surface area is 122 Å². The standard InChI is InChI=1S/C11H9FN2O5S2/c1-5-10(20-11(17)13-5)21(18,19)14-8-3-2-6(12)4-7(8)9(15)16/h2-4,14H,1H3,(H,13,17)(H,15,16). The highest BCUT2D eigenvalue weighted by Crippen LogP contribution is 2.23. The van der Waals surface area contributed by atoms with E-state index in [2.05, 4.69) is 4.98 Å². The molecule has 0 fully saturated rings. The van der Waals surface area contributed by atoms with Gasteiger partial charge in [0.25, 0.3) is 10.0 Å². The van der Waals surface area contributed by atoms with Gasteiger partial charge in [0.1, 0.15) is 5.82 Å². The third-order valence-corrected chi connectivity index (χ3v) is 5.45. The monoisotopic (exact) mass is 332 g/mol. The Morgan fingerprint density at radius 1 is 1.43 bits per heavy atom. The quantitative estimate of drug-likeness (QED) is 0.782. The lowest BCUT2D eigenvalue weighted by Gasteiger charge is -2.09. The minimum atomic E-state index is -4.14. The fourth-order valence-corrected chi connectivity index (χ4v) is 4.00. The minimum Gasteiger partial charge on any atom is -0.478 e. The average Bonchev–Trinajstić information content (AvgIpc) is 2.71. The summed E-state index contributed by atoms with van der Waals surface area (Å²) in [4.78, 5) is 23.9. The van der Waals surface area contributed by atoms with Crippen LogP contribution in [0.1, 0.15) is 16.1 Å². The Bertz CT molecular complexity index is 869. The van der Waals surface area contributed by atoms with Crippen molar-refractivity contribution >= 4 is 33.0 Å². The molecule has 0 atom stereocenters. The van der Waals surface area contributed by atoms with Crippen molar-refractivity contribution in [3.63, 3.8) is 0 Å². The van der Waals surface area contributed by atoms with Crippen LogP contribution in [-0.2, 0) is 10.0 Å². The van der Waals surface area contributed by atoms with Crippen molar-refractivity contribution in [3.05, 3.63) is 44.9 Å². The number of H-pyrrole nitrogens is 1. The van der Waals surface area contributed by atoms with Crippen LogP contribution < -0.4 is 9.60 Å². The molecule has 3 N–H and O–H groups in total. The molecule has 2 rings (SSSR count). The molecule has 0 bridgehead atoms. The number of halogens is 1. The lowest BCUT2D eigenvalue weighted by Crippen LogP contribution is -2.15. The summed E-state index contributed by atoms with van der Waals surface area (Å²) in [6, 6.07) is 2.63. The van der Waals surface area contributed by atoms with E-state index in [-0.39, 0.29) is 15.6 Å². The van der Waals surface area contributed by atoms with Gasteiger partial charge >= 0.3 is 10.8 Å². The number of anilines is 1. The van der Waals surface area contributed by atoms with Crippen molar-refractivity contribution in [3.8, 4) is 0 Å². The van der Waals surface area contributed by atoms with Gasteiger partial charge in [0.2, 0.25) is 0 Å². The summed E-state index contributed by atoms with van der Waals surface area (Å²) in [6.07, 6.45) is 0. The van der Waals surface area contributed by atoms with E-state index in [1.54, 1.807) is 0 Å². The van der Waals surface area contributed by atoms with Gasteiger partial charge in [-0.05, 0) is 25.1 Å². The number of aromatic nitrogens is 1. The highest BCUT2D eigenvalue weighted by molar-refractivity contribution is 7.94. The number of hydrogen-bond donors (Lipinski definition) is 3. The van der Waals surface area contributed by atoms with Crippen LogP contribution in [0.5, 0.6) is 0 Å². The third kappa shape index (κ3) is 3.11. The highest BCUT2D eigenvalue weighted by atomic mass is 32.2. The Morgan fingerprint density at radius 3 is 2.62 bits per heavy atom. The number of rotatable bonds is 4. The van der Waals surface area contributed by atoms with E-state index in [1.165, 1.54) is 6.92 Å². The zero-order chi connectivity index (χ0) is 15.8. The van der Waals surface area contributed by atoms with Crippen molar-refractivity contribution < 1.29 is 22.7 Å². The maximum Gasteiger partial charge on any atom is 0.337 e. The number of aromatic amines is 1. The van der Waals surface area contributed by atoms with Crippen LogP contribution >= 0.6 is 11.3 Å². The van der Waals surface area contributed by atoms with Gasteiger partial charge in [-0.2, -0.15) is 0 Å². The van der Waals surface area contributed by atoms with E-state index in [1.807, 2.05) is 4.72 Å². The molecule has 0 amide bonds. The smallest absolute Gasteiger partial charge is 0.337 e. The lowest BCUT2D eigenvalue weighted by molar-refractivity contribution is 0.0697. The molecule has 0 unspecified atom stereocenters. The predicted octanol–water partition coefficient (Wildman–Crippen LogP) is 1.38. The van der Waals surface area contributed by atoms with Gasteiger partial charge in [-0.15, -0.1) is 0 Å². The molecule has 7 nitrogen and oxygen atoms in total. The van der Waals surface area contributed by atoms with E-state index in [4.69, 9.17) is 5.11 Å². The normalized spacial score (nSPS) is 11.3. The van der Waals surface area contributed by atoms with Gasteiger partial charge in [0, 0.05) is 5.69 Å². The number of aryl methyl sites for hydroxylation is 1. The van der Waals surface area contributed by atoms with E-state index in [0.29, 0.717) is 17.4 Å². The molecule has 0 aliphatic carbocycles. The van der Waals surface area contributed by atoms with Crippen LogP contribution in [0.3, 0.4) is 0 Å². The van der Waals surface area contributed by atoms with Crippen molar-refractivity contribution in [2.45, 2.75) is 11.1 Å². The Morgan fingerprint density at radius 2 is 2.10 bits per heavy atom. The van der Waals surface area contributed by atoms with Gasteiger partial charge in [-0.1, -0.05) is 11.3 Å². The third-order valence-electron chi connectivity index (χ3n) is 2.48. The molecule has 0 aliphatic heterocycles. The molecule has 2 aromatic rings. The summed E-state index contributed by atoms with van der Waals surface area (Å²) in [5.74, 6) is -2.29. The molecular formula is C11H9FN2O5S2. The Kier molecular flexibility index (Phi) is 3.83. The fourth-order valence-electron chi connectivity index (χ4n) is 1.62. The van der Waals surface area contributed by atoms with Crippen LogP contribution in [0.15, 0.2) is 27.2 Å². The minimum absolute atomic E-state index is 0.136. The summed E-state index contributed by atoms with van der Waals surface area (Å²) in [6.45, 7) is 1.40. The second kappa shape index (κ2) is 5.30. The molecule has 21 heavy (non-hydrogen) atoms. The summed E-state index contributed by atoms with van der Waals surface area (Å²) < 4.78 is 39.1. The maximum atomic E-state index is 13.0. The molecule has 1 aromatic carbocycles. The van der Waals surface area contributed by atoms with Gasteiger partial charge < -0.3 is 10.1 Å². The Balaban J connectivity index is 2.49. The second-order valence-electron chi connectivity index (χ2n) is 4.03. The van der Waals surface area contributed by atoms with Gasteiger partial charge in [0.15, 0.2) is 4.21 Å². The second-order valence-corrected chi connectivity index (χ2v) is 6.89. The number of sulfonamides is 1. The first-order valence-electron chi connectivity index (χ1n) is 5.46. The molecule has 1 aromatic heterocycles. The number of thiazole rings is 1. The van der Waals surface area contributed by atoms with Gasteiger partial charge in [-0.25, -0.2) is 17.6 Å². The maximum absolute atomic E-state index is 13.0. The number of benzene rings is 1. The molecule has 0 aliphatic rings. The zero-order valence-electron chi connectivity index (χ0n) is 10.5. The molecule has 1 heterocycles. The van der Waals surface area contributed by atoms with E-state index in [0.717, 1.165) is 12.1 Å². The number of carbonyl (C=O) groups is 1. The van der Waals surface area contributed by atoms with Crippen LogP contribution in [0.2, 0.25) is 0 Å². The Hall–Kier alpha value is -2.20. The van der Waals surface area contributed by atoms with E-state index < -0.39 is 32.2 Å². The largest absolute Gasteiger partial charge is 0.478 e. The molecule has 0 saturated carbocycles. The molecule has 0 radical (unpaired) electrons. The molecule has 10 heteroatoms. The van der Waals surface area contributed by atoms with Crippen molar-refractivity contribution in [1.82, 2.24) is 4.98 Å². The van der Waals surface area contributed by atoms with Crippen LogP contribution in [-0.4, -0.2) is 24.5 Å². The van der Waals surface area contributed by atoms with Crippen LogP contribution in [0.4, 0.5) is 10.1 Å². The van der Waals surface area contributed by atoms with E-state index in [9.17, 15) is 22.4 Å². The molecule has 0 spiro atoms. The molecule has 112 valence electrons. The number of nitrogens with one attached hydrogen (secondary N) is 2. The predicted molar refractivity (Wildman–Crippen MR) is 73.8 cm³/mol. The van der Waals surface area contributed by atoms with Gasteiger partial charge in [0.05, 0.1) is 11.3 Å². The summed E-state index contributed by atoms with van der Waals surface area (Å²) >= 11 is 0.475. The fraction of sp³-hybridized carbons (Fsp3) is 0.0909. The van der Waals surface area contributed by atoms with Gasteiger partial charge in [-0.3, -0.25) is 9.52 Å². The van der Waals surface area contributed by atoms with Crippen molar-refractivity contribution in [2.75, 3.05) is 4.72 Å². The topological polar surface area (TPSA) is 116 Å². The SMILES string of the molecule is Cc1[nH]c(=O)sc1S(=O)(=O)Nc1ccc(F)cc1C(=O)O. The highest BCUT2D eigenvalue weighted by Gasteiger charge is 2.23. The first-order chi connectivity index (χ1) is 9.70. The lowest BCUT2D eigenvalue weighted by atomic mass is 10.2. The number of carboxylic acids is 1. The molecular weight excluding hydrogens is 323 g/mol. The van der Waals surface area contributed by atoms with Crippen molar-refractivity contribution in [2.24, 2.45) is 0 Å². The average molecular weight is 332 g/mol. The first kappa shape index (κ1) is 15.2. The summed E-state index contributed by atoms with van der Waals surface area (Å²) in [5.41, 5.74) is -0.681. The van der Waals surface area contributed by atoms with Crippen LogP contribution in [0, 0.1) is 12.7 Å². The van der Waals surface area contributed by atoms with E-state index >= 15 is 0 Å². The van der Waals surface area contributed by atoms with Crippen molar-refractivity contribution in [1.29, 1.82) is 0 Å². The number of carboxylic acid groups (broad SMARTS) is 1.